The third-order valence-corrected chi connectivity index (χ3v) is 4.45. The quantitative estimate of drug-likeness (QED) is 0.717. The lowest BCUT2D eigenvalue weighted by Gasteiger charge is -2.29. The van der Waals surface area contributed by atoms with Crippen LogP contribution < -0.4 is 10.1 Å². The minimum atomic E-state index is -4.96. The zero-order valence-corrected chi connectivity index (χ0v) is 14.0. The molecule has 1 aliphatic rings. The van der Waals surface area contributed by atoms with Crippen molar-refractivity contribution in [2.24, 2.45) is 11.8 Å². The van der Waals surface area contributed by atoms with Crippen LogP contribution in [0.4, 0.5) is 22.0 Å². The number of nitrogens with one attached hydrogen (secondary N) is 1. The number of hydrogen-bond acceptors (Lipinski definition) is 3. The van der Waals surface area contributed by atoms with Crippen LogP contribution >= 0.6 is 0 Å². The van der Waals surface area contributed by atoms with Crippen LogP contribution in [0.15, 0.2) is 24.3 Å². The number of alkyl halides is 5. The van der Waals surface area contributed by atoms with Crippen molar-refractivity contribution < 1.29 is 41.4 Å². The molecule has 0 radical (unpaired) electrons. The Morgan fingerprint density at radius 1 is 1.15 bits per heavy atom. The van der Waals surface area contributed by atoms with Gasteiger partial charge in [-0.1, -0.05) is 24.6 Å². The summed E-state index contributed by atoms with van der Waals surface area (Å²) in [7, 11) is 0. The van der Waals surface area contributed by atoms with E-state index in [0.717, 1.165) is 12.1 Å². The number of carbonyl (C=O) groups excluding carboxylic acids is 1. The summed E-state index contributed by atoms with van der Waals surface area (Å²) in [6, 6.07) is 1.78. The van der Waals surface area contributed by atoms with Gasteiger partial charge >= 0.3 is 18.8 Å². The lowest BCUT2D eigenvalue weighted by atomic mass is 9.81. The second kappa shape index (κ2) is 8.53. The van der Waals surface area contributed by atoms with Gasteiger partial charge in [-0.05, 0) is 25.3 Å². The highest BCUT2D eigenvalue weighted by Crippen LogP contribution is 2.39. The van der Waals surface area contributed by atoms with Crippen molar-refractivity contribution in [3.05, 3.63) is 29.8 Å². The molecule has 1 saturated carbocycles. The van der Waals surface area contributed by atoms with Crippen molar-refractivity contribution in [1.82, 2.24) is 5.32 Å². The molecule has 1 amide bonds. The van der Waals surface area contributed by atoms with Crippen LogP contribution in [-0.4, -0.2) is 29.8 Å². The van der Waals surface area contributed by atoms with Gasteiger partial charge in [-0.25, -0.2) is 0 Å². The van der Waals surface area contributed by atoms with Crippen LogP contribution in [0.1, 0.15) is 37.3 Å². The molecule has 3 unspecified atom stereocenters. The highest BCUT2D eigenvalue weighted by molar-refractivity contribution is 5.80. The van der Waals surface area contributed by atoms with Crippen molar-refractivity contribution >= 4 is 11.9 Å². The normalized spacial score (nSPS) is 21.6. The van der Waals surface area contributed by atoms with Gasteiger partial charge in [0, 0.05) is 11.5 Å². The molecule has 10 heteroatoms. The summed E-state index contributed by atoms with van der Waals surface area (Å²) < 4.78 is 69.6. The van der Waals surface area contributed by atoms with Gasteiger partial charge in [0.05, 0.1) is 5.92 Å². The fourth-order valence-electron chi connectivity index (χ4n) is 3.17. The van der Waals surface area contributed by atoms with Crippen molar-refractivity contribution in [3.8, 4) is 5.75 Å². The number of amides is 1. The van der Waals surface area contributed by atoms with Crippen LogP contribution in [0, 0.1) is 11.8 Å². The predicted octanol–water partition coefficient (Wildman–Crippen LogP) is 3.90. The van der Waals surface area contributed by atoms with Crippen LogP contribution in [0.25, 0.3) is 0 Å². The molecular weight excluding hydrogens is 377 g/mol. The minimum absolute atomic E-state index is 0.0685. The monoisotopic (exact) mass is 395 g/mol. The molecule has 2 rings (SSSR count). The Bertz CT molecular complexity index is 680. The Balaban J connectivity index is 2.23. The molecule has 0 saturated heterocycles. The van der Waals surface area contributed by atoms with Crippen LogP contribution in [0.3, 0.4) is 0 Å². The number of hydrogen-bond donors (Lipinski definition) is 2. The number of carbonyl (C=O) groups is 2. The Kier molecular flexibility index (Phi) is 6.61. The molecule has 1 aromatic carbocycles. The van der Waals surface area contributed by atoms with Crippen molar-refractivity contribution in [1.29, 1.82) is 0 Å². The summed E-state index contributed by atoms with van der Waals surface area (Å²) in [6.07, 6.45) is -4.02. The van der Waals surface area contributed by atoms with E-state index in [4.69, 9.17) is 5.11 Å². The van der Waals surface area contributed by atoms with Gasteiger partial charge in [0.1, 0.15) is 5.75 Å². The van der Waals surface area contributed by atoms with Gasteiger partial charge in [-0.3, -0.25) is 9.59 Å². The molecular formula is C17H18F5NO4. The molecule has 0 bridgehead atoms. The molecule has 150 valence electrons. The molecule has 3 atom stereocenters. The lowest BCUT2D eigenvalue weighted by molar-refractivity contribution is -0.166. The number of aliphatic carboxylic acids is 1. The van der Waals surface area contributed by atoms with E-state index in [1.165, 1.54) is 12.1 Å². The standard InChI is InChI=1S/C17H18F5NO4/c18-16(19)27-12-7-2-1-6-11(12)13(17(20,21)22)23-14(24)9-4-3-5-10(8-9)15(25)26/h1-2,6-7,9-10,13,16H,3-5,8H2,(H,23,24)(H,25,26). The summed E-state index contributed by atoms with van der Waals surface area (Å²) in [4.78, 5) is 23.4. The summed E-state index contributed by atoms with van der Waals surface area (Å²) >= 11 is 0. The summed E-state index contributed by atoms with van der Waals surface area (Å²) in [5.41, 5.74) is -0.649. The fraction of sp³-hybridized carbons (Fsp3) is 0.529. The van der Waals surface area contributed by atoms with E-state index in [2.05, 4.69) is 4.74 Å². The molecule has 2 N–H and O–H groups in total. The average Bonchev–Trinajstić information content (AvgIpc) is 2.59. The third-order valence-electron chi connectivity index (χ3n) is 4.45. The van der Waals surface area contributed by atoms with Crippen molar-refractivity contribution in [2.45, 2.75) is 44.5 Å². The first-order chi connectivity index (χ1) is 12.6. The number of benzene rings is 1. The van der Waals surface area contributed by atoms with Crippen molar-refractivity contribution in [3.63, 3.8) is 0 Å². The number of rotatable bonds is 6. The maximum atomic E-state index is 13.5. The van der Waals surface area contributed by atoms with Gasteiger partial charge in [0.15, 0.2) is 6.04 Å². The maximum Gasteiger partial charge on any atom is 0.413 e. The number of carboxylic acids is 1. The Hall–Kier alpha value is -2.39. The zero-order valence-electron chi connectivity index (χ0n) is 14.0. The second-order valence-corrected chi connectivity index (χ2v) is 6.30. The van der Waals surface area contributed by atoms with Gasteiger partial charge in [-0.2, -0.15) is 22.0 Å². The van der Waals surface area contributed by atoms with Gasteiger partial charge in [-0.15, -0.1) is 0 Å². The Labute approximate surface area is 151 Å². The van der Waals surface area contributed by atoms with E-state index in [0.29, 0.717) is 12.8 Å². The number of para-hydroxylation sites is 1. The number of carboxylic acid groups (broad SMARTS) is 1. The molecule has 1 fully saturated rings. The van der Waals surface area contributed by atoms with Gasteiger partial charge in [0.2, 0.25) is 5.91 Å². The van der Waals surface area contributed by atoms with Crippen LogP contribution in [-0.2, 0) is 9.59 Å². The van der Waals surface area contributed by atoms with Crippen molar-refractivity contribution in [2.75, 3.05) is 0 Å². The maximum absolute atomic E-state index is 13.5. The smallest absolute Gasteiger partial charge is 0.413 e. The molecule has 27 heavy (non-hydrogen) atoms. The number of halogens is 5. The molecule has 0 heterocycles. The Morgan fingerprint density at radius 2 is 1.78 bits per heavy atom. The summed E-state index contributed by atoms with van der Waals surface area (Å²) in [6.45, 7) is -3.33. The molecule has 1 aromatic rings. The molecule has 0 spiro atoms. The second-order valence-electron chi connectivity index (χ2n) is 6.30. The summed E-state index contributed by atoms with van der Waals surface area (Å²) in [5, 5.41) is 10.9. The molecule has 5 nitrogen and oxygen atoms in total. The highest BCUT2D eigenvalue weighted by atomic mass is 19.4. The van der Waals surface area contributed by atoms with E-state index in [1.807, 2.05) is 5.32 Å². The first-order valence-corrected chi connectivity index (χ1v) is 8.23. The summed E-state index contributed by atoms with van der Waals surface area (Å²) in [5.74, 6) is -4.45. The van der Waals surface area contributed by atoms with E-state index >= 15 is 0 Å². The molecule has 0 aliphatic heterocycles. The predicted molar refractivity (Wildman–Crippen MR) is 83.1 cm³/mol. The SMILES string of the molecule is O=C(O)C1CCCC(C(=O)NC(c2ccccc2OC(F)F)C(F)(F)F)C1. The van der Waals surface area contributed by atoms with Gasteiger partial charge in [0.25, 0.3) is 0 Å². The van der Waals surface area contributed by atoms with Crippen LogP contribution in [0.2, 0.25) is 0 Å². The molecule has 0 aromatic heterocycles. The van der Waals surface area contributed by atoms with E-state index in [-0.39, 0.29) is 12.8 Å². The van der Waals surface area contributed by atoms with Gasteiger partial charge < -0.3 is 15.2 Å². The van der Waals surface area contributed by atoms with E-state index < -0.39 is 53.9 Å². The van der Waals surface area contributed by atoms with E-state index in [9.17, 15) is 31.5 Å². The first-order valence-electron chi connectivity index (χ1n) is 8.23. The fourth-order valence-corrected chi connectivity index (χ4v) is 3.17. The van der Waals surface area contributed by atoms with Crippen LogP contribution in [0.5, 0.6) is 5.75 Å². The average molecular weight is 395 g/mol. The van der Waals surface area contributed by atoms with E-state index in [1.54, 1.807) is 0 Å². The zero-order chi connectivity index (χ0) is 20.2. The third kappa shape index (κ3) is 5.54. The largest absolute Gasteiger partial charge is 0.481 e. The minimum Gasteiger partial charge on any atom is -0.481 e. The lowest BCUT2D eigenvalue weighted by Crippen LogP contribution is -2.42. The highest BCUT2D eigenvalue weighted by Gasteiger charge is 2.44. The Morgan fingerprint density at radius 3 is 2.37 bits per heavy atom. The number of ether oxygens (including phenoxy) is 1. The first kappa shape index (κ1) is 20.9. The molecule has 1 aliphatic carbocycles. The topological polar surface area (TPSA) is 75.6 Å².